The van der Waals surface area contributed by atoms with Crippen LogP contribution >= 0.6 is 11.3 Å². The number of nitrogens with one attached hydrogen (secondary N) is 1. The van der Waals surface area contributed by atoms with E-state index in [0.29, 0.717) is 11.5 Å². The zero-order chi connectivity index (χ0) is 15.0. The molecule has 0 aromatic carbocycles. The summed E-state index contributed by atoms with van der Waals surface area (Å²) in [5.41, 5.74) is 1.56. The molecule has 118 valence electrons. The molecule has 1 saturated heterocycles. The van der Waals surface area contributed by atoms with Crippen LogP contribution in [0.4, 0.5) is 0 Å². The Morgan fingerprint density at radius 2 is 2.27 bits per heavy atom. The summed E-state index contributed by atoms with van der Waals surface area (Å²) in [5, 5.41) is 10.9. The van der Waals surface area contributed by atoms with E-state index in [1.54, 1.807) is 11.3 Å². The summed E-state index contributed by atoms with van der Waals surface area (Å²) in [6.45, 7) is 6.04. The van der Waals surface area contributed by atoms with Crippen LogP contribution in [0.3, 0.4) is 0 Å². The number of hydrogen-bond acceptors (Lipinski definition) is 6. The smallest absolute Gasteiger partial charge is 0.133 e. The molecule has 1 saturated carbocycles. The highest BCUT2D eigenvalue weighted by atomic mass is 32.1. The molecule has 2 fully saturated rings. The molecular formula is C16H22N4OS. The van der Waals surface area contributed by atoms with Crippen LogP contribution in [0, 0.1) is 12.3 Å². The molecule has 0 amide bonds. The third-order valence-electron chi connectivity index (χ3n) is 5.05. The number of hydrogen-bond donors (Lipinski definition) is 1. The summed E-state index contributed by atoms with van der Waals surface area (Å²) >= 11 is 1.74. The Hall–Kier alpha value is -1.24. The Bertz CT molecular complexity index is 618. The van der Waals surface area contributed by atoms with Gasteiger partial charge in [0.05, 0.1) is 12.2 Å². The Labute approximate surface area is 134 Å². The first kappa shape index (κ1) is 14.4. The average molecular weight is 318 g/mol. The van der Waals surface area contributed by atoms with Crippen molar-refractivity contribution in [1.29, 1.82) is 0 Å². The van der Waals surface area contributed by atoms with Gasteiger partial charge in [-0.2, -0.15) is 0 Å². The Morgan fingerprint density at radius 3 is 2.95 bits per heavy atom. The fraction of sp³-hybridized carbons (Fsp3) is 0.625. The second-order valence-corrected chi connectivity index (χ2v) is 7.57. The first-order chi connectivity index (χ1) is 10.8. The summed E-state index contributed by atoms with van der Waals surface area (Å²) in [4.78, 5) is 7.02. The fourth-order valence-electron chi connectivity index (χ4n) is 3.79. The van der Waals surface area contributed by atoms with Crippen LogP contribution < -0.4 is 5.32 Å². The van der Waals surface area contributed by atoms with Crippen molar-refractivity contribution in [2.75, 3.05) is 13.1 Å². The van der Waals surface area contributed by atoms with Crippen LogP contribution in [0.1, 0.15) is 35.7 Å². The Balaban J connectivity index is 1.50. The van der Waals surface area contributed by atoms with Crippen LogP contribution in [-0.4, -0.2) is 34.2 Å². The predicted molar refractivity (Wildman–Crippen MR) is 85.5 cm³/mol. The summed E-state index contributed by atoms with van der Waals surface area (Å²) in [6.07, 6.45) is 5.80. The Kier molecular flexibility index (Phi) is 3.76. The largest absolute Gasteiger partial charge is 0.361 e. The molecule has 5 nitrogen and oxygen atoms in total. The summed E-state index contributed by atoms with van der Waals surface area (Å²) < 4.78 is 5.24. The van der Waals surface area contributed by atoms with Crippen molar-refractivity contribution in [3.8, 4) is 0 Å². The lowest BCUT2D eigenvalue weighted by Gasteiger charge is -2.28. The maximum absolute atomic E-state index is 5.24. The molecule has 3 heterocycles. The van der Waals surface area contributed by atoms with Gasteiger partial charge in [0.2, 0.25) is 0 Å². The lowest BCUT2D eigenvalue weighted by atomic mass is 9.93. The number of piperidine rings is 1. The SMILES string of the molecule is Cc1cc(CN(Cc2nccs2)[C@@H]2CC23CCNCC3)no1. The summed E-state index contributed by atoms with van der Waals surface area (Å²) in [7, 11) is 0. The van der Waals surface area contributed by atoms with E-state index in [0.717, 1.165) is 37.6 Å². The van der Waals surface area contributed by atoms with E-state index < -0.39 is 0 Å². The molecule has 1 aliphatic carbocycles. The van der Waals surface area contributed by atoms with Crippen LogP contribution in [0.15, 0.2) is 22.2 Å². The van der Waals surface area contributed by atoms with Crippen molar-refractivity contribution >= 4 is 11.3 Å². The molecule has 1 atom stereocenters. The monoisotopic (exact) mass is 318 g/mol. The van der Waals surface area contributed by atoms with E-state index in [9.17, 15) is 0 Å². The van der Waals surface area contributed by atoms with Gasteiger partial charge in [0, 0.05) is 30.2 Å². The molecule has 0 unspecified atom stereocenters. The van der Waals surface area contributed by atoms with Crippen molar-refractivity contribution in [3.05, 3.63) is 34.1 Å². The highest BCUT2D eigenvalue weighted by Gasteiger charge is 2.56. The summed E-state index contributed by atoms with van der Waals surface area (Å²) in [5.74, 6) is 0.886. The first-order valence-corrected chi connectivity index (χ1v) is 8.88. The number of thiazole rings is 1. The zero-order valence-corrected chi connectivity index (χ0v) is 13.7. The van der Waals surface area contributed by atoms with Gasteiger partial charge in [-0.3, -0.25) is 4.90 Å². The maximum atomic E-state index is 5.24. The van der Waals surface area contributed by atoms with Gasteiger partial charge in [-0.05, 0) is 44.7 Å². The van der Waals surface area contributed by atoms with E-state index in [4.69, 9.17) is 4.52 Å². The molecule has 22 heavy (non-hydrogen) atoms. The van der Waals surface area contributed by atoms with Gasteiger partial charge >= 0.3 is 0 Å². The van der Waals surface area contributed by atoms with Gasteiger partial charge in [-0.1, -0.05) is 5.16 Å². The lowest BCUT2D eigenvalue weighted by molar-refractivity contribution is 0.183. The van der Waals surface area contributed by atoms with Crippen LogP contribution in [0.2, 0.25) is 0 Å². The highest BCUT2D eigenvalue weighted by Crippen LogP contribution is 2.56. The number of aromatic nitrogens is 2. The van der Waals surface area contributed by atoms with Gasteiger partial charge in [0.25, 0.3) is 0 Å². The molecule has 1 spiro atoms. The second-order valence-electron chi connectivity index (χ2n) is 6.59. The van der Waals surface area contributed by atoms with Crippen molar-refractivity contribution in [2.24, 2.45) is 5.41 Å². The molecule has 1 N–H and O–H groups in total. The molecule has 1 aliphatic heterocycles. The normalized spacial score (nSPS) is 23.3. The third-order valence-corrected chi connectivity index (χ3v) is 5.81. The van der Waals surface area contributed by atoms with E-state index in [2.05, 4.69) is 25.7 Å². The van der Waals surface area contributed by atoms with Crippen LogP contribution in [0.25, 0.3) is 0 Å². The minimum atomic E-state index is 0.529. The molecule has 2 aromatic heterocycles. The van der Waals surface area contributed by atoms with Crippen molar-refractivity contribution in [1.82, 2.24) is 20.4 Å². The molecule has 0 radical (unpaired) electrons. The number of aryl methyl sites for hydroxylation is 1. The molecule has 0 bridgehead atoms. The topological polar surface area (TPSA) is 54.2 Å². The van der Waals surface area contributed by atoms with Gasteiger partial charge < -0.3 is 9.84 Å². The Morgan fingerprint density at radius 1 is 1.41 bits per heavy atom. The molecule has 6 heteroatoms. The van der Waals surface area contributed by atoms with E-state index >= 15 is 0 Å². The van der Waals surface area contributed by atoms with Gasteiger partial charge in [0.1, 0.15) is 10.8 Å². The quantitative estimate of drug-likeness (QED) is 0.918. The average Bonchev–Trinajstić information content (AvgIpc) is 2.90. The predicted octanol–water partition coefficient (Wildman–Crippen LogP) is 2.58. The first-order valence-electron chi connectivity index (χ1n) is 8.01. The number of nitrogens with zero attached hydrogens (tertiary/aromatic N) is 3. The minimum Gasteiger partial charge on any atom is -0.361 e. The molecule has 4 rings (SSSR count). The van der Waals surface area contributed by atoms with Crippen molar-refractivity contribution in [3.63, 3.8) is 0 Å². The fourth-order valence-corrected chi connectivity index (χ4v) is 4.43. The highest BCUT2D eigenvalue weighted by molar-refractivity contribution is 7.09. The number of rotatable bonds is 5. The van der Waals surface area contributed by atoms with E-state index in [1.807, 2.05) is 19.2 Å². The van der Waals surface area contributed by atoms with Crippen LogP contribution in [-0.2, 0) is 13.1 Å². The lowest BCUT2D eigenvalue weighted by Crippen LogP contribution is -2.35. The maximum Gasteiger partial charge on any atom is 0.133 e. The van der Waals surface area contributed by atoms with E-state index in [-0.39, 0.29) is 0 Å². The van der Waals surface area contributed by atoms with Gasteiger partial charge in [-0.15, -0.1) is 11.3 Å². The van der Waals surface area contributed by atoms with E-state index in [1.165, 1.54) is 24.3 Å². The minimum absolute atomic E-state index is 0.529. The molecular weight excluding hydrogens is 296 g/mol. The van der Waals surface area contributed by atoms with Crippen LogP contribution in [0.5, 0.6) is 0 Å². The molecule has 2 aliphatic rings. The summed E-state index contributed by atoms with van der Waals surface area (Å²) in [6, 6.07) is 2.71. The molecule has 2 aromatic rings. The zero-order valence-electron chi connectivity index (χ0n) is 12.9. The van der Waals surface area contributed by atoms with Crippen molar-refractivity contribution < 1.29 is 4.52 Å². The van der Waals surface area contributed by atoms with Gasteiger partial charge in [-0.25, -0.2) is 4.98 Å². The second kappa shape index (κ2) is 5.76. The third kappa shape index (κ3) is 2.83. The van der Waals surface area contributed by atoms with Crippen molar-refractivity contribution in [2.45, 2.75) is 45.3 Å². The standard InChI is InChI=1S/C16H22N4OS/c1-12-8-13(19-21-12)10-20(11-15-18-6-7-22-15)14-9-16(14)2-4-17-5-3-16/h6-8,14,17H,2-5,9-11H2,1H3/t14-/m1/s1. The van der Waals surface area contributed by atoms with Gasteiger partial charge in [0.15, 0.2) is 0 Å².